The van der Waals surface area contributed by atoms with Crippen LogP contribution in [0.4, 0.5) is 0 Å². The smallest absolute Gasteiger partial charge is 0.469 e. The van der Waals surface area contributed by atoms with Crippen molar-refractivity contribution in [3.8, 4) is 5.75 Å². The molecule has 11 heteroatoms. The average Bonchev–Trinajstić information content (AvgIpc) is 2.67. The number of halogens is 1. The van der Waals surface area contributed by atoms with Gasteiger partial charge < -0.3 is 25.7 Å². The minimum absolute atomic E-state index is 0.0345. The van der Waals surface area contributed by atoms with E-state index in [4.69, 9.17) is 32.2 Å². The summed E-state index contributed by atoms with van der Waals surface area (Å²) >= 11 is 7.59. The Bertz CT molecular complexity index is 984. The lowest BCUT2D eigenvalue weighted by Crippen LogP contribution is -2.44. The first kappa shape index (κ1) is 25.7. The van der Waals surface area contributed by atoms with Crippen LogP contribution in [0.1, 0.15) is 42.1 Å². The highest BCUT2D eigenvalue weighted by molar-refractivity contribution is 7.99. The molecule has 1 atom stereocenters. The van der Waals surface area contributed by atoms with Crippen molar-refractivity contribution in [2.75, 3.05) is 6.61 Å². The number of phenols is 1. The van der Waals surface area contributed by atoms with E-state index < -0.39 is 19.3 Å². The van der Waals surface area contributed by atoms with E-state index in [1.54, 1.807) is 18.2 Å². The molecule has 8 nitrogen and oxygen atoms in total. The Hall–Kier alpha value is -1.58. The molecule has 0 amide bonds. The number of aromatic hydroxyl groups is 1. The third kappa shape index (κ3) is 8.12. The van der Waals surface area contributed by atoms with Gasteiger partial charge in [-0.15, -0.1) is 0 Å². The molecule has 0 unspecified atom stereocenters. The van der Waals surface area contributed by atoms with E-state index >= 15 is 0 Å². The number of hydrogen-bond donors (Lipinski definition) is 5. The first-order chi connectivity index (χ1) is 14.4. The average molecular weight is 490 g/mol. The minimum atomic E-state index is -4.61. The second-order valence-corrected chi connectivity index (χ2v) is 9.98. The predicted octanol–water partition coefficient (Wildman–Crippen LogP) is 4.43. The number of phenolic OH excluding ortho intramolecular Hbond substituents is 1. The van der Waals surface area contributed by atoms with E-state index in [0.29, 0.717) is 34.1 Å². The van der Waals surface area contributed by atoms with E-state index in [2.05, 4.69) is 4.52 Å². The van der Waals surface area contributed by atoms with Crippen molar-refractivity contribution in [1.29, 1.82) is 0 Å². The number of rotatable bonds is 11. The molecule has 0 heterocycles. The standard InChI is InChI=1S/C20H25ClNO7PS/c1-2-8-20(22,12-29-30(26,27)28)9-7-13-3-5-15(11-16(13)21)31-18-10-14(19(24)25)4-6-17(18)23/h3-6,10-11,23H,2,7-9,12,22H2,1H3,(H,24,25)(H2,26,27,28)/t20-/m0/s1. The molecule has 0 saturated carbocycles. The van der Waals surface area contributed by atoms with Crippen molar-refractivity contribution >= 4 is 37.2 Å². The summed E-state index contributed by atoms with van der Waals surface area (Å²) in [4.78, 5) is 30.2. The molecule has 0 radical (unpaired) electrons. The second kappa shape index (κ2) is 10.8. The molecular formula is C20H25ClNO7PS. The van der Waals surface area contributed by atoms with Gasteiger partial charge in [-0.3, -0.25) is 4.52 Å². The zero-order valence-corrected chi connectivity index (χ0v) is 19.3. The van der Waals surface area contributed by atoms with E-state index in [-0.39, 0.29) is 17.9 Å². The Morgan fingerprint density at radius 2 is 1.94 bits per heavy atom. The van der Waals surface area contributed by atoms with Crippen LogP contribution in [0.2, 0.25) is 5.02 Å². The van der Waals surface area contributed by atoms with Crippen LogP contribution < -0.4 is 5.73 Å². The fourth-order valence-corrected chi connectivity index (χ4v) is 4.70. The third-order valence-electron chi connectivity index (χ3n) is 4.62. The quantitative estimate of drug-likeness (QED) is 0.288. The number of carboxylic acids is 1. The molecular weight excluding hydrogens is 465 g/mol. The zero-order valence-electron chi connectivity index (χ0n) is 16.8. The molecule has 6 N–H and O–H groups in total. The number of nitrogens with two attached hydrogens (primary N) is 1. The molecule has 0 saturated heterocycles. The van der Waals surface area contributed by atoms with Crippen LogP contribution in [-0.4, -0.2) is 38.1 Å². The van der Waals surface area contributed by atoms with E-state index in [9.17, 15) is 14.5 Å². The predicted molar refractivity (Wildman–Crippen MR) is 119 cm³/mol. The number of hydrogen-bond acceptors (Lipinski definition) is 6. The van der Waals surface area contributed by atoms with Crippen LogP contribution in [0.3, 0.4) is 0 Å². The summed E-state index contributed by atoms with van der Waals surface area (Å²) in [5.41, 5.74) is 6.27. The normalized spacial score (nSPS) is 13.7. The van der Waals surface area contributed by atoms with E-state index in [1.807, 2.05) is 6.92 Å². The van der Waals surface area contributed by atoms with Crippen molar-refractivity contribution in [2.45, 2.75) is 47.9 Å². The van der Waals surface area contributed by atoms with Crippen molar-refractivity contribution in [2.24, 2.45) is 5.73 Å². The fraction of sp³-hybridized carbons (Fsp3) is 0.350. The molecule has 2 rings (SSSR count). The van der Waals surface area contributed by atoms with Crippen LogP contribution in [-0.2, 0) is 15.5 Å². The molecule has 0 aliphatic carbocycles. The molecule has 0 aromatic heterocycles. The van der Waals surface area contributed by atoms with Gasteiger partial charge in [-0.2, -0.15) is 0 Å². The van der Waals surface area contributed by atoms with Gasteiger partial charge in [-0.05, 0) is 55.2 Å². The summed E-state index contributed by atoms with van der Waals surface area (Å²) in [7, 11) is -4.61. The maximum absolute atomic E-state index is 11.1. The SMILES string of the molecule is CCC[C@](N)(CCc1ccc(Sc2cc(C(=O)O)ccc2O)cc1Cl)COP(=O)(O)O. The van der Waals surface area contributed by atoms with Gasteiger partial charge in [0.15, 0.2) is 0 Å². The highest BCUT2D eigenvalue weighted by atomic mass is 35.5. The van der Waals surface area contributed by atoms with Crippen LogP contribution in [0.25, 0.3) is 0 Å². The third-order valence-corrected chi connectivity index (χ3v) is 6.47. The van der Waals surface area contributed by atoms with Crippen LogP contribution >= 0.6 is 31.2 Å². The largest absolute Gasteiger partial charge is 0.507 e. The van der Waals surface area contributed by atoms with Crippen molar-refractivity contribution in [3.63, 3.8) is 0 Å². The second-order valence-electron chi connectivity index (χ2n) is 7.22. The van der Waals surface area contributed by atoms with Gasteiger partial charge in [0.25, 0.3) is 0 Å². The van der Waals surface area contributed by atoms with Gasteiger partial charge in [-0.1, -0.05) is 42.8 Å². The monoisotopic (exact) mass is 489 g/mol. The van der Waals surface area contributed by atoms with Crippen molar-refractivity contribution in [1.82, 2.24) is 0 Å². The number of aryl methyl sites for hydroxylation is 1. The number of phosphoric acid groups is 1. The summed E-state index contributed by atoms with van der Waals surface area (Å²) in [6.07, 6.45) is 2.14. The van der Waals surface area contributed by atoms with Crippen LogP contribution in [0, 0.1) is 0 Å². The maximum Gasteiger partial charge on any atom is 0.469 e. The Labute approximate surface area is 189 Å². The molecule has 0 spiro atoms. The first-order valence-corrected chi connectivity index (χ1v) is 12.2. The van der Waals surface area contributed by atoms with Crippen molar-refractivity contribution < 1.29 is 33.9 Å². The summed E-state index contributed by atoms with van der Waals surface area (Å²) in [6, 6.07) is 9.35. The van der Waals surface area contributed by atoms with Gasteiger partial charge in [0, 0.05) is 15.5 Å². The fourth-order valence-electron chi connectivity index (χ4n) is 3.01. The summed E-state index contributed by atoms with van der Waals surface area (Å²) in [5.74, 6) is -1.12. The Morgan fingerprint density at radius 3 is 2.52 bits per heavy atom. The van der Waals surface area contributed by atoms with Crippen LogP contribution in [0.15, 0.2) is 46.2 Å². The molecule has 2 aromatic rings. The van der Waals surface area contributed by atoms with Gasteiger partial charge in [0.2, 0.25) is 0 Å². The highest BCUT2D eigenvalue weighted by Crippen LogP contribution is 2.39. The Kier molecular flexibility index (Phi) is 8.97. The van der Waals surface area contributed by atoms with Gasteiger partial charge in [0.05, 0.1) is 17.1 Å². The highest BCUT2D eigenvalue weighted by Gasteiger charge is 2.28. The van der Waals surface area contributed by atoms with Crippen LogP contribution in [0.5, 0.6) is 5.75 Å². The molecule has 31 heavy (non-hydrogen) atoms. The summed E-state index contributed by atoms with van der Waals surface area (Å²) in [5, 5.41) is 19.6. The molecule has 0 aliphatic heterocycles. The first-order valence-electron chi connectivity index (χ1n) is 9.44. The van der Waals surface area contributed by atoms with Crippen molar-refractivity contribution in [3.05, 3.63) is 52.5 Å². The number of carboxylic acid groups (broad SMARTS) is 1. The molecule has 170 valence electrons. The van der Waals surface area contributed by atoms with Gasteiger partial charge in [-0.25, -0.2) is 9.36 Å². The molecule has 2 aromatic carbocycles. The summed E-state index contributed by atoms with van der Waals surface area (Å²) in [6.45, 7) is 1.66. The van der Waals surface area contributed by atoms with E-state index in [0.717, 1.165) is 12.0 Å². The summed E-state index contributed by atoms with van der Waals surface area (Å²) < 4.78 is 15.7. The lowest BCUT2D eigenvalue weighted by atomic mass is 9.89. The molecule has 0 aliphatic rings. The number of carbonyl (C=O) groups is 1. The Balaban J connectivity index is 2.11. The van der Waals surface area contributed by atoms with Gasteiger partial charge >= 0.3 is 13.8 Å². The molecule has 0 bridgehead atoms. The topological polar surface area (TPSA) is 150 Å². The number of aromatic carboxylic acids is 1. The maximum atomic E-state index is 11.1. The number of benzene rings is 2. The Morgan fingerprint density at radius 1 is 1.23 bits per heavy atom. The minimum Gasteiger partial charge on any atom is -0.507 e. The van der Waals surface area contributed by atoms with Gasteiger partial charge in [0.1, 0.15) is 5.75 Å². The lowest BCUT2D eigenvalue weighted by molar-refractivity contribution is 0.0696. The molecule has 0 fully saturated rings. The number of phosphoric ester groups is 1. The zero-order chi connectivity index (χ0) is 23.2. The lowest BCUT2D eigenvalue weighted by Gasteiger charge is -2.29. The van der Waals surface area contributed by atoms with E-state index in [1.165, 1.54) is 30.0 Å².